The van der Waals surface area contributed by atoms with Crippen molar-refractivity contribution in [2.24, 2.45) is 0 Å². The Morgan fingerprint density at radius 3 is 2.48 bits per heavy atom. The van der Waals surface area contributed by atoms with Gasteiger partial charge < -0.3 is 4.74 Å². The number of rotatable bonds is 3. The number of hydrogen-bond acceptors (Lipinski definition) is 3. The second-order valence-electron chi connectivity index (χ2n) is 6.22. The average Bonchev–Trinajstić information content (AvgIpc) is 2.52. The summed E-state index contributed by atoms with van der Waals surface area (Å²) in [7, 11) is 1.69. The topological polar surface area (TPSA) is 42.4 Å². The van der Waals surface area contributed by atoms with E-state index in [1.807, 2.05) is 69.3 Å². The van der Waals surface area contributed by atoms with Crippen LogP contribution in [-0.4, -0.2) is 23.7 Å². The van der Waals surface area contributed by atoms with Crippen LogP contribution in [0.25, 0.3) is 12.2 Å². The van der Waals surface area contributed by atoms with Gasteiger partial charge in [0.05, 0.1) is 11.4 Å². The van der Waals surface area contributed by atoms with Gasteiger partial charge in [-0.05, 0) is 44.5 Å². The van der Waals surface area contributed by atoms with Crippen LogP contribution >= 0.6 is 0 Å². The molecule has 4 heteroatoms. The van der Waals surface area contributed by atoms with Crippen molar-refractivity contribution in [2.45, 2.75) is 26.4 Å². The normalized spacial score (nSPS) is 11.5. The van der Waals surface area contributed by atoms with Gasteiger partial charge in [0, 0.05) is 13.2 Å². The first-order valence-corrected chi connectivity index (χ1v) is 7.51. The summed E-state index contributed by atoms with van der Waals surface area (Å²) < 4.78 is 5.37. The zero-order valence-electron chi connectivity index (χ0n) is 14.0. The molecule has 0 aliphatic heterocycles. The Bertz CT molecular complexity index is 688. The fourth-order valence-corrected chi connectivity index (χ4v) is 1.92. The minimum Gasteiger partial charge on any atom is -0.443 e. The number of amides is 1. The van der Waals surface area contributed by atoms with Gasteiger partial charge in [0.1, 0.15) is 5.60 Å². The molecule has 23 heavy (non-hydrogen) atoms. The first-order valence-electron chi connectivity index (χ1n) is 7.51. The van der Waals surface area contributed by atoms with Crippen molar-refractivity contribution >= 4 is 23.9 Å². The van der Waals surface area contributed by atoms with Crippen molar-refractivity contribution in [1.82, 2.24) is 4.98 Å². The molecule has 2 rings (SSSR count). The van der Waals surface area contributed by atoms with Crippen molar-refractivity contribution in [1.29, 1.82) is 0 Å². The van der Waals surface area contributed by atoms with E-state index >= 15 is 0 Å². The summed E-state index contributed by atoms with van der Waals surface area (Å²) in [4.78, 5) is 17.9. The van der Waals surface area contributed by atoms with E-state index in [1.165, 1.54) is 4.90 Å². The largest absolute Gasteiger partial charge is 0.443 e. The van der Waals surface area contributed by atoms with Crippen LogP contribution in [0.2, 0.25) is 0 Å². The Morgan fingerprint density at radius 1 is 1.13 bits per heavy atom. The van der Waals surface area contributed by atoms with Gasteiger partial charge in [-0.25, -0.2) is 4.79 Å². The Kier molecular flexibility index (Phi) is 5.16. The highest BCUT2D eigenvalue weighted by Gasteiger charge is 2.20. The molecule has 1 heterocycles. The van der Waals surface area contributed by atoms with Crippen LogP contribution in [0.3, 0.4) is 0 Å². The number of carbonyl (C=O) groups is 1. The van der Waals surface area contributed by atoms with Gasteiger partial charge in [-0.15, -0.1) is 0 Å². The second-order valence-corrected chi connectivity index (χ2v) is 6.22. The monoisotopic (exact) mass is 310 g/mol. The van der Waals surface area contributed by atoms with Crippen molar-refractivity contribution in [3.05, 3.63) is 59.9 Å². The van der Waals surface area contributed by atoms with E-state index < -0.39 is 5.60 Å². The van der Waals surface area contributed by atoms with E-state index in [0.29, 0.717) is 0 Å². The molecule has 4 nitrogen and oxygen atoms in total. The second kappa shape index (κ2) is 7.09. The van der Waals surface area contributed by atoms with Gasteiger partial charge in [0.2, 0.25) is 0 Å². The van der Waals surface area contributed by atoms with Crippen molar-refractivity contribution in [3.63, 3.8) is 0 Å². The highest BCUT2D eigenvalue weighted by atomic mass is 16.6. The number of carbonyl (C=O) groups excluding carboxylic acids is 1. The summed E-state index contributed by atoms with van der Waals surface area (Å²) in [5, 5.41) is 0. The molecule has 0 saturated carbocycles. The molecule has 1 aromatic heterocycles. The highest BCUT2D eigenvalue weighted by molar-refractivity contribution is 5.87. The van der Waals surface area contributed by atoms with Crippen molar-refractivity contribution in [2.75, 3.05) is 11.9 Å². The lowest BCUT2D eigenvalue weighted by molar-refractivity contribution is 0.0589. The number of nitrogens with zero attached hydrogens (tertiary/aromatic N) is 2. The number of hydrogen-bond donors (Lipinski definition) is 0. The molecule has 0 spiro atoms. The van der Waals surface area contributed by atoms with Gasteiger partial charge in [-0.1, -0.05) is 36.4 Å². The molecule has 1 aromatic carbocycles. The molecule has 1 amide bonds. The lowest BCUT2D eigenvalue weighted by atomic mass is 10.2. The first-order chi connectivity index (χ1) is 10.8. The van der Waals surface area contributed by atoms with E-state index in [0.717, 1.165) is 16.9 Å². The fraction of sp³-hybridized carbons (Fsp3) is 0.263. The van der Waals surface area contributed by atoms with Crippen LogP contribution in [0.4, 0.5) is 10.5 Å². The molecule has 0 fully saturated rings. The van der Waals surface area contributed by atoms with Gasteiger partial charge in [-0.3, -0.25) is 9.88 Å². The molecule has 2 aromatic rings. The van der Waals surface area contributed by atoms with E-state index in [-0.39, 0.29) is 6.09 Å². The quantitative estimate of drug-likeness (QED) is 0.830. The maximum atomic E-state index is 12.1. The lowest BCUT2D eigenvalue weighted by Crippen LogP contribution is -2.34. The highest BCUT2D eigenvalue weighted by Crippen LogP contribution is 2.18. The predicted molar refractivity (Wildman–Crippen MR) is 94.2 cm³/mol. The van der Waals surface area contributed by atoms with Gasteiger partial charge >= 0.3 is 6.09 Å². The first kappa shape index (κ1) is 16.7. The zero-order valence-corrected chi connectivity index (χ0v) is 14.0. The molecule has 0 aliphatic rings. The maximum Gasteiger partial charge on any atom is 0.414 e. The summed E-state index contributed by atoms with van der Waals surface area (Å²) in [6.45, 7) is 5.54. The van der Waals surface area contributed by atoms with Crippen LogP contribution in [0.1, 0.15) is 32.0 Å². The number of ether oxygens (including phenoxy) is 1. The number of anilines is 1. The van der Waals surface area contributed by atoms with Crippen molar-refractivity contribution < 1.29 is 9.53 Å². The zero-order chi connectivity index (χ0) is 16.9. The van der Waals surface area contributed by atoms with Crippen LogP contribution in [-0.2, 0) is 4.74 Å². The number of benzene rings is 1. The lowest BCUT2D eigenvalue weighted by Gasteiger charge is -2.24. The van der Waals surface area contributed by atoms with Crippen LogP contribution in [0.5, 0.6) is 0 Å². The molecule has 0 radical (unpaired) electrons. The predicted octanol–water partition coefficient (Wildman–Crippen LogP) is 4.62. The Hall–Kier alpha value is -2.62. The molecule has 120 valence electrons. The molecule has 0 bridgehead atoms. The van der Waals surface area contributed by atoms with E-state index in [4.69, 9.17) is 4.74 Å². The van der Waals surface area contributed by atoms with Crippen LogP contribution < -0.4 is 4.90 Å². The number of aromatic nitrogens is 1. The SMILES string of the molecule is CN(C(=O)OC(C)(C)C)c1ccnc(C=Cc2ccccc2)c1. The molecule has 0 unspecified atom stereocenters. The standard InChI is InChI=1S/C19H22N2O2/c1-19(2,3)23-18(22)21(4)17-12-13-20-16(14-17)11-10-15-8-6-5-7-9-15/h5-14H,1-4H3. The Morgan fingerprint density at radius 2 is 1.83 bits per heavy atom. The van der Waals surface area contributed by atoms with E-state index in [1.54, 1.807) is 19.3 Å². The summed E-state index contributed by atoms with van der Waals surface area (Å²) in [5.41, 5.74) is 2.10. The molecule has 0 atom stereocenters. The smallest absolute Gasteiger partial charge is 0.414 e. The Balaban J connectivity index is 2.13. The minimum absolute atomic E-state index is 0.387. The van der Waals surface area contributed by atoms with Gasteiger partial charge in [0.25, 0.3) is 0 Å². The molecule has 0 saturated heterocycles. The third-order valence-electron chi connectivity index (χ3n) is 3.07. The minimum atomic E-state index is -0.519. The van der Waals surface area contributed by atoms with Crippen LogP contribution in [0.15, 0.2) is 48.7 Å². The van der Waals surface area contributed by atoms with Crippen molar-refractivity contribution in [3.8, 4) is 0 Å². The maximum absolute atomic E-state index is 12.1. The molecular weight excluding hydrogens is 288 g/mol. The van der Waals surface area contributed by atoms with Gasteiger partial charge in [-0.2, -0.15) is 0 Å². The number of pyridine rings is 1. The third-order valence-corrected chi connectivity index (χ3v) is 3.07. The summed E-state index contributed by atoms with van der Waals surface area (Å²) in [5.74, 6) is 0. The van der Waals surface area contributed by atoms with E-state index in [9.17, 15) is 4.79 Å². The Labute approximate surface area is 137 Å². The van der Waals surface area contributed by atoms with Gasteiger partial charge in [0.15, 0.2) is 0 Å². The molecule has 0 aliphatic carbocycles. The molecule has 0 N–H and O–H groups in total. The fourth-order valence-electron chi connectivity index (χ4n) is 1.92. The molecular formula is C19H22N2O2. The summed E-state index contributed by atoms with van der Waals surface area (Å²) >= 11 is 0. The van der Waals surface area contributed by atoms with E-state index in [2.05, 4.69) is 4.98 Å². The third kappa shape index (κ3) is 5.25. The summed E-state index contributed by atoms with van der Waals surface area (Å²) in [6, 6.07) is 13.6. The summed E-state index contributed by atoms with van der Waals surface area (Å²) in [6.07, 6.45) is 5.20. The average molecular weight is 310 g/mol. The van der Waals surface area contributed by atoms with Crippen LogP contribution in [0, 0.1) is 0 Å².